The Morgan fingerprint density at radius 1 is 1.45 bits per heavy atom. The van der Waals surface area contributed by atoms with Crippen molar-refractivity contribution in [2.75, 3.05) is 5.32 Å². The molecule has 3 rings (SSSR count). The van der Waals surface area contributed by atoms with Gasteiger partial charge in [-0.15, -0.1) is 0 Å². The fourth-order valence-electron chi connectivity index (χ4n) is 2.41. The lowest BCUT2D eigenvalue weighted by Gasteiger charge is -2.13. The van der Waals surface area contributed by atoms with Crippen molar-refractivity contribution in [1.82, 2.24) is 19.3 Å². The summed E-state index contributed by atoms with van der Waals surface area (Å²) in [5.74, 6) is -0.0189. The van der Waals surface area contributed by atoms with Crippen LogP contribution in [0.15, 0.2) is 17.6 Å². The summed E-state index contributed by atoms with van der Waals surface area (Å²) >= 11 is 1.50. The Hall–Kier alpha value is -1.76. The first kappa shape index (κ1) is 15.1. The zero-order valence-corrected chi connectivity index (χ0v) is 14.1. The Kier molecular flexibility index (Phi) is 3.99. The molecule has 1 atom stereocenters. The van der Waals surface area contributed by atoms with Crippen LogP contribution in [-0.2, 0) is 11.8 Å². The number of aromatic nitrogens is 4. The lowest BCUT2D eigenvalue weighted by atomic mass is 10.3. The number of hydrogen-bond acceptors (Lipinski definition) is 4. The highest BCUT2D eigenvalue weighted by Gasteiger charge is 2.27. The van der Waals surface area contributed by atoms with Crippen LogP contribution in [0.5, 0.6) is 0 Å². The second-order valence-electron chi connectivity index (χ2n) is 5.77. The third-order valence-corrected chi connectivity index (χ3v) is 5.08. The van der Waals surface area contributed by atoms with Crippen LogP contribution in [0.1, 0.15) is 37.2 Å². The molecule has 7 heteroatoms. The van der Waals surface area contributed by atoms with Gasteiger partial charge in [0.2, 0.25) is 5.91 Å². The zero-order valence-electron chi connectivity index (χ0n) is 13.3. The molecule has 0 radical (unpaired) electrons. The molecule has 2 aromatic heterocycles. The predicted octanol–water partition coefficient (Wildman–Crippen LogP) is 2.69. The molecule has 0 aliphatic heterocycles. The van der Waals surface area contributed by atoms with Crippen LogP contribution in [-0.4, -0.2) is 30.5 Å². The lowest BCUT2D eigenvalue weighted by molar-refractivity contribution is -0.115. The van der Waals surface area contributed by atoms with Gasteiger partial charge in [-0.3, -0.25) is 9.48 Å². The summed E-state index contributed by atoms with van der Waals surface area (Å²) in [4.78, 5) is 16.8. The fraction of sp³-hybridized carbons (Fsp3) is 0.533. The summed E-state index contributed by atoms with van der Waals surface area (Å²) in [6.45, 7) is 5.76. The molecule has 1 fully saturated rings. The molecular formula is C15H21N5OS. The highest BCUT2D eigenvalue weighted by Crippen LogP contribution is 2.38. The lowest BCUT2D eigenvalue weighted by Crippen LogP contribution is -2.23. The van der Waals surface area contributed by atoms with Crippen LogP contribution in [0, 0.1) is 13.8 Å². The highest BCUT2D eigenvalue weighted by molar-refractivity contribution is 8.00. The van der Waals surface area contributed by atoms with Gasteiger partial charge in [0.25, 0.3) is 0 Å². The first-order chi connectivity index (χ1) is 10.5. The first-order valence-electron chi connectivity index (χ1n) is 7.48. The smallest absolute Gasteiger partial charge is 0.237 e. The van der Waals surface area contributed by atoms with Crippen molar-refractivity contribution < 1.29 is 4.79 Å². The molecule has 1 aliphatic rings. The SMILES string of the molecule is Cc1nn(C)c(C)c1NC(=O)C(C)Sc1nccn1C1CC1. The Morgan fingerprint density at radius 3 is 2.77 bits per heavy atom. The monoisotopic (exact) mass is 319 g/mol. The summed E-state index contributed by atoms with van der Waals surface area (Å²) in [5.41, 5.74) is 2.61. The molecule has 0 bridgehead atoms. The molecule has 2 aromatic rings. The number of nitrogens with zero attached hydrogens (tertiary/aromatic N) is 4. The maximum atomic E-state index is 12.4. The molecule has 6 nitrogen and oxygen atoms in total. The zero-order chi connectivity index (χ0) is 15.9. The average molecular weight is 319 g/mol. The van der Waals surface area contributed by atoms with Crippen molar-refractivity contribution in [3.05, 3.63) is 23.8 Å². The second-order valence-corrected chi connectivity index (χ2v) is 7.07. The number of rotatable bonds is 5. The summed E-state index contributed by atoms with van der Waals surface area (Å²) in [5, 5.41) is 8.03. The third-order valence-electron chi connectivity index (χ3n) is 3.98. The number of nitrogens with one attached hydrogen (secondary N) is 1. The van der Waals surface area contributed by atoms with E-state index >= 15 is 0 Å². The minimum Gasteiger partial charge on any atom is -0.323 e. The van der Waals surface area contributed by atoms with E-state index in [2.05, 4.69) is 20.0 Å². The van der Waals surface area contributed by atoms with E-state index in [1.54, 1.807) is 10.9 Å². The van der Waals surface area contributed by atoms with E-state index in [9.17, 15) is 4.79 Å². The van der Waals surface area contributed by atoms with E-state index in [-0.39, 0.29) is 11.2 Å². The van der Waals surface area contributed by atoms with Gasteiger partial charge in [-0.25, -0.2) is 4.98 Å². The van der Waals surface area contributed by atoms with Crippen molar-refractivity contribution >= 4 is 23.4 Å². The van der Waals surface area contributed by atoms with Crippen molar-refractivity contribution in [2.45, 2.75) is 50.1 Å². The molecule has 1 N–H and O–H groups in total. The minimum atomic E-state index is -0.209. The van der Waals surface area contributed by atoms with Crippen molar-refractivity contribution in [2.24, 2.45) is 7.05 Å². The van der Waals surface area contributed by atoms with Crippen LogP contribution >= 0.6 is 11.8 Å². The van der Waals surface area contributed by atoms with Gasteiger partial charge in [0.15, 0.2) is 5.16 Å². The first-order valence-corrected chi connectivity index (χ1v) is 8.36. The molecule has 1 aliphatic carbocycles. The van der Waals surface area contributed by atoms with E-state index in [0.29, 0.717) is 6.04 Å². The van der Waals surface area contributed by atoms with Gasteiger partial charge < -0.3 is 9.88 Å². The van der Waals surface area contributed by atoms with Crippen LogP contribution in [0.3, 0.4) is 0 Å². The summed E-state index contributed by atoms with van der Waals surface area (Å²) in [7, 11) is 1.88. The normalized spacial score (nSPS) is 15.8. The summed E-state index contributed by atoms with van der Waals surface area (Å²) in [6, 6.07) is 0.572. The maximum Gasteiger partial charge on any atom is 0.237 e. The standard InChI is InChI=1S/C15H21N5OS/c1-9-13(10(2)19(4)18-9)17-14(21)11(3)22-15-16-7-8-20(15)12-5-6-12/h7-8,11-12H,5-6H2,1-4H3,(H,17,21). The van der Waals surface area contributed by atoms with Gasteiger partial charge >= 0.3 is 0 Å². The molecule has 1 amide bonds. The van der Waals surface area contributed by atoms with Gasteiger partial charge in [-0.05, 0) is 33.6 Å². The Labute approximate surface area is 134 Å². The number of imidazole rings is 1. The fourth-order valence-corrected chi connectivity index (χ4v) is 3.35. The molecular weight excluding hydrogens is 298 g/mol. The van der Waals surface area contributed by atoms with Gasteiger partial charge in [0.05, 0.1) is 22.3 Å². The number of anilines is 1. The van der Waals surface area contributed by atoms with Gasteiger partial charge in [-0.1, -0.05) is 11.8 Å². The highest BCUT2D eigenvalue weighted by atomic mass is 32.2. The number of thioether (sulfide) groups is 1. The number of carbonyl (C=O) groups is 1. The van der Waals surface area contributed by atoms with Gasteiger partial charge in [0, 0.05) is 25.5 Å². The van der Waals surface area contributed by atoms with E-state index in [4.69, 9.17) is 0 Å². The van der Waals surface area contributed by atoms with Gasteiger partial charge in [-0.2, -0.15) is 5.10 Å². The van der Waals surface area contributed by atoms with Gasteiger partial charge in [0.1, 0.15) is 0 Å². The molecule has 22 heavy (non-hydrogen) atoms. The maximum absolute atomic E-state index is 12.4. The number of carbonyl (C=O) groups excluding carboxylic acids is 1. The molecule has 1 saturated carbocycles. The van der Waals surface area contributed by atoms with Crippen LogP contribution in [0.4, 0.5) is 5.69 Å². The minimum absolute atomic E-state index is 0.0189. The Balaban J connectivity index is 1.68. The van der Waals surface area contributed by atoms with Crippen molar-refractivity contribution in [3.8, 4) is 0 Å². The molecule has 2 heterocycles. The average Bonchev–Trinajstić information content (AvgIpc) is 3.17. The Morgan fingerprint density at radius 2 is 2.18 bits per heavy atom. The summed E-state index contributed by atoms with van der Waals surface area (Å²) in [6.07, 6.45) is 6.22. The van der Waals surface area contributed by atoms with E-state index < -0.39 is 0 Å². The number of aryl methyl sites for hydroxylation is 2. The molecule has 1 unspecified atom stereocenters. The topological polar surface area (TPSA) is 64.7 Å². The van der Waals surface area contributed by atoms with Crippen LogP contribution in [0.2, 0.25) is 0 Å². The predicted molar refractivity (Wildman–Crippen MR) is 87.1 cm³/mol. The van der Waals surface area contributed by atoms with Crippen LogP contribution < -0.4 is 5.32 Å². The van der Waals surface area contributed by atoms with Crippen molar-refractivity contribution in [3.63, 3.8) is 0 Å². The molecule has 0 saturated heterocycles. The third kappa shape index (κ3) is 2.90. The second kappa shape index (κ2) is 5.79. The van der Waals surface area contributed by atoms with E-state index in [1.807, 2.05) is 34.0 Å². The molecule has 0 spiro atoms. The number of amides is 1. The van der Waals surface area contributed by atoms with Crippen molar-refractivity contribution in [1.29, 1.82) is 0 Å². The quantitative estimate of drug-likeness (QED) is 0.861. The van der Waals surface area contributed by atoms with E-state index in [0.717, 1.165) is 22.2 Å². The van der Waals surface area contributed by atoms with E-state index in [1.165, 1.54) is 24.6 Å². The largest absolute Gasteiger partial charge is 0.323 e. The molecule has 0 aromatic carbocycles. The Bertz CT molecular complexity index is 701. The van der Waals surface area contributed by atoms with Crippen LogP contribution in [0.25, 0.3) is 0 Å². The molecule has 118 valence electrons. The summed E-state index contributed by atoms with van der Waals surface area (Å²) < 4.78 is 3.96. The number of hydrogen-bond donors (Lipinski definition) is 1.